The molecule has 0 aliphatic carbocycles. The van der Waals surface area contributed by atoms with Crippen LogP contribution in [0, 0.1) is 0 Å². The van der Waals surface area contributed by atoms with Gasteiger partial charge in [-0.1, -0.05) is 0 Å². The number of amides is 2. The maximum absolute atomic E-state index is 13.1. The molecule has 9 heteroatoms. The molecule has 1 fully saturated rings. The molecule has 0 saturated carbocycles. The van der Waals surface area contributed by atoms with Gasteiger partial charge < -0.3 is 24.1 Å². The molecule has 29 heavy (non-hydrogen) atoms. The average molecular weight is 398 g/mol. The summed E-state index contributed by atoms with van der Waals surface area (Å²) >= 11 is 0. The van der Waals surface area contributed by atoms with Gasteiger partial charge in [0.05, 0.1) is 38.6 Å². The zero-order valence-corrected chi connectivity index (χ0v) is 15.9. The summed E-state index contributed by atoms with van der Waals surface area (Å²) in [6.07, 6.45) is 4.02. The standard InChI is InChI=1S/C20H19FN4O4/c1-28-16-8-13(20(27)25-10-14(21)11-25)7-15(18(16)29-2)23-19(26)12-3-4-17-22-5-6-24(17)9-12/h3-9,14H,10-11H2,1-2H3,(H,23,26). The highest BCUT2D eigenvalue weighted by Crippen LogP contribution is 2.37. The van der Waals surface area contributed by atoms with Crippen LogP contribution in [0.2, 0.25) is 0 Å². The minimum atomic E-state index is -1.00. The first-order chi connectivity index (χ1) is 14.0. The number of hydrogen-bond acceptors (Lipinski definition) is 5. The van der Waals surface area contributed by atoms with Crippen LogP contribution in [0.5, 0.6) is 11.5 Å². The summed E-state index contributed by atoms with van der Waals surface area (Å²) in [6.45, 7) is 0.111. The number of hydrogen-bond donors (Lipinski definition) is 1. The molecule has 1 N–H and O–H groups in total. The number of pyridine rings is 1. The quantitative estimate of drug-likeness (QED) is 0.713. The number of nitrogens with one attached hydrogen (secondary N) is 1. The zero-order chi connectivity index (χ0) is 20.5. The van der Waals surface area contributed by atoms with E-state index in [2.05, 4.69) is 10.3 Å². The van der Waals surface area contributed by atoms with E-state index in [0.717, 1.165) is 0 Å². The van der Waals surface area contributed by atoms with Crippen LogP contribution in [0.1, 0.15) is 20.7 Å². The molecule has 1 aromatic carbocycles. The molecule has 2 amide bonds. The van der Waals surface area contributed by atoms with Gasteiger partial charge in [-0.05, 0) is 24.3 Å². The number of ether oxygens (including phenoxy) is 2. The molecule has 3 aromatic rings. The number of carbonyl (C=O) groups excluding carboxylic acids is 2. The van der Waals surface area contributed by atoms with E-state index in [1.807, 2.05) is 0 Å². The number of aromatic nitrogens is 2. The number of rotatable bonds is 5. The van der Waals surface area contributed by atoms with Crippen LogP contribution in [0.4, 0.5) is 10.1 Å². The van der Waals surface area contributed by atoms with Crippen molar-refractivity contribution >= 4 is 23.1 Å². The molecule has 0 unspecified atom stereocenters. The molecule has 2 aromatic heterocycles. The lowest BCUT2D eigenvalue weighted by atomic mass is 10.1. The molecular formula is C20H19FN4O4. The van der Waals surface area contributed by atoms with E-state index in [1.165, 1.54) is 31.3 Å². The highest BCUT2D eigenvalue weighted by molar-refractivity contribution is 6.06. The van der Waals surface area contributed by atoms with E-state index in [4.69, 9.17) is 9.47 Å². The Bertz CT molecular complexity index is 1090. The van der Waals surface area contributed by atoms with Gasteiger partial charge in [0.1, 0.15) is 11.8 Å². The van der Waals surface area contributed by atoms with Crippen LogP contribution < -0.4 is 14.8 Å². The maximum Gasteiger partial charge on any atom is 0.257 e. The van der Waals surface area contributed by atoms with Gasteiger partial charge in [-0.15, -0.1) is 0 Å². The Balaban J connectivity index is 1.66. The Hall–Kier alpha value is -3.62. The third-order valence-electron chi connectivity index (χ3n) is 4.75. The number of methoxy groups -OCH3 is 2. The first kappa shape index (κ1) is 18.7. The van der Waals surface area contributed by atoms with Crippen molar-refractivity contribution in [2.24, 2.45) is 0 Å². The summed E-state index contributed by atoms with van der Waals surface area (Å²) in [6, 6.07) is 6.39. The Kier molecular flexibility index (Phi) is 4.79. The molecular weight excluding hydrogens is 379 g/mol. The van der Waals surface area contributed by atoms with Crippen LogP contribution in [0.25, 0.3) is 5.65 Å². The number of anilines is 1. The predicted octanol–water partition coefficient (Wildman–Crippen LogP) is 2.40. The molecule has 4 rings (SSSR count). The van der Waals surface area contributed by atoms with Crippen LogP contribution in [-0.4, -0.2) is 59.6 Å². The van der Waals surface area contributed by atoms with Crippen molar-refractivity contribution in [2.45, 2.75) is 6.17 Å². The van der Waals surface area contributed by atoms with Crippen molar-refractivity contribution in [1.82, 2.24) is 14.3 Å². The van der Waals surface area contributed by atoms with Gasteiger partial charge in [0.15, 0.2) is 11.5 Å². The van der Waals surface area contributed by atoms with E-state index in [9.17, 15) is 14.0 Å². The normalized spacial score (nSPS) is 13.8. The maximum atomic E-state index is 13.1. The van der Waals surface area contributed by atoms with Crippen molar-refractivity contribution in [3.63, 3.8) is 0 Å². The molecule has 0 radical (unpaired) electrons. The Morgan fingerprint density at radius 2 is 1.97 bits per heavy atom. The van der Waals surface area contributed by atoms with Crippen LogP contribution in [0.15, 0.2) is 42.9 Å². The van der Waals surface area contributed by atoms with Crippen molar-refractivity contribution in [3.8, 4) is 11.5 Å². The second-order valence-electron chi connectivity index (χ2n) is 6.63. The number of imidazole rings is 1. The first-order valence-corrected chi connectivity index (χ1v) is 8.93. The number of nitrogens with zero attached hydrogens (tertiary/aromatic N) is 3. The van der Waals surface area contributed by atoms with Gasteiger partial charge in [-0.25, -0.2) is 9.37 Å². The predicted molar refractivity (Wildman–Crippen MR) is 103 cm³/mol. The lowest BCUT2D eigenvalue weighted by Crippen LogP contribution is -2.51. The first-order valence-electron chi connectivity index (χ1n) is 8.93. The van der Waals surface area contributed by atoms with Crippen molar-refractivity contribution in [3.05, 3.63) is 54.0 Å². The fraction of sp³-hybridized carbons (Fsp3) is 0.250. The monoisotopic (exact) mass is 398 g/mol. The smallest absolute Gasteiger partial charge is 0.257 e. The average Bonchev–Trinajstić information content (AvgIpc) is 3.18. The molecule has 0 spiro atoms. The number of fused-ring (bicyclic) bond motifs is 1. The molecule has 1 saturated heterocycles. The fourth-order valence-electron chi connectivity index (χ4n) is 3.20. The van der Waals surface area contributed by atoms with E-state index < -0.39 is 12.1 Å². The number of alkyl halides is 1. The minimum absolute atomic E-state index is 0.0553. The number of likely N-dealkylation sites (tertiary alicyclic amines) is 1. The van der Waals surface area contributed by atoms with Gasteiger partial charge >= 0.3 is 0 Å². The van der Waals surface area contributed by atoms with E-state index in [1.54, 1.807) is 35.1 Å². The number of halogens is 1. The number of benzene rings is 1. The van der Waals surface area contributed by atoms with Crippen LogP contribution in [-0.2, 0) is 0 Å². The van der Waals surface area contributed by atoms with Crippen LogP contribution >= 0.6 is 0 Å². The van der Waals surface area contributed by atoms with Gasteiger partial charge in [0.25, 0.3) is 11.8 Å². The third-order valence-corrected chi connectivity index (χ3v) is 4.75. The molecule has 1 aliphatic rings. The van der Waals surface area contributed by atoms with Gasteiger partial charge in [-0.3, -0.25) is 9.59 Å². The molecule has 8 nitrogen and oxygen atoms in total. The molecule has 0 bridgehead atoms. The fourth-order valence-corrected chi connectivity index (χ4v) is 3.20. The molecule has 150 valence electrons. The number of carbonyl (C=O) groups is 2. The van der Waals surface area contributed by atoms with Gasteiger partial charge in [-0.2, -0.15) is 0 Å². The SMILES string of the molecule is COc1cc(C(=O)N2CC(F)C2)cc(NC(=O)c2ccc3nccn3c2)c1OC. The largest absolute Gasteiger partial charge is 0.493 e. The second-order valence-corrected chi connectivity index (χ2v) is 6.63. The minimum Gasteiger partial charge on any atom is -0.493 e. The van der Waals surface area contributed by atoms with Gasteiger partial charge in [0, 0.05) is 24.2 Å². The Morgan fingerprint density at radius 3 is 2.66 bits per heavy atom. The summed E-state index contributed by atoms with van der Waals surface area (Å²) in [5, 5.41) is 2.77. The molecule has 0 atom stereocenters. The Labute approximate surface area is 165 Å². The summed E-state index contributed by atoms with van der Waals surface area (Å²) in [4.78, 5) is 30.9. The summed E-state index contributed by atoms with van der Waals surface area (Å²) in [5.74, 6) is -0.155. The van der Waals surface area contributed by atoms with Crippen molar-refractivity contribution in [1.29, 1.82) is 0 Å². The molecule has 3 heterocycles. The third kappa shape index (κ3) is 3.46. The summed E-state index contributed by atoms with van der Waals surface area (Å²) in [7, 11) is 2.88. The Morgan fingerprint density at radius 1 is 1.17 bits per heavy atom. The van der Waals surface area contributed by atoms with Gasteiger partial charge in [0.2, 0.25) is 0 Å². The van der Waals surface area contributed by atoms with Crippen molar-refractivity contribution < 1.29 is 23.5 Å². The summed E-state index contributed by atoms with van der Waals surface area (Å²) < 4.78 is 25.6. The molecule has 1 aliphatic heterocycles. The topological polar surface area (TPSA) is 85.2 Å². The highest BCUT2D eigenvalue weighted by Gasteiger charge is 2.32. The highest BCUT2D eigenvalue weighted by atomic mass is 19.1. The van der Waals surface area contributed by atoms with E-state index in [-0.39, 0.29) is 41.7 Å². The van der Waals surface area contributed by atoms with Crippen molar-refractivity contribution in [2.75, 3.05) is 32.6 Å². The van der Waals surface area contributed by atoms with E-state index >= 15 is 0 Å². The second kappa shape index (κ2) is 7.42. The summed E-state index contributed by atoms with van der Waals surface area (Å²) in [5.41, 5.74) is 1.67. The lowest BCUT2D eigenvalue weighted by Gasteiger charge is -2.34. The lowest BCUT2D eigenvalue weighted by molar-refractivity contribution is 0.0400. The zero-order valence-electron chi connectivity index (χ0n) is 15.9. The van der Waals surface area contributed by atoms with Crippen LogP contribution in [0.3, 0.4) is 0 Å². The van der Waals surface area contributed by atoms with E-state index in [0.29, 0.717) is 11.2 Å².